The van der Waals surface area contributed by atoms with E-state index in [0.29, 0.717) is 10.0 Å². The van der Waals surface area contributed by atoms with Crippen LogP contribution in [-0.2, 0) is 16.1 Å². The molecule has 0 amide bonds. The molecule has 0 aliphatic carbocycles. The molecule has 3 rings (SSSR count). The summed E-state index contributed by atoms with van der Waals surface area (Å²) in [6, 6.07) is 5.05. The molecule has 0 spiro atoms. The van der Waals surface area contributed by atoms with Crippen molar-refractivity contribution in [3.8, 4) is 0 Å². The molecule has 1 aromatic heterocycles. The number of ether oxygens (including phenoxy) is 2. The van der Waals surface area contributed by atoms with Crippen molar-refractivity contribution in [2.45, 2.75) is 31.1 Å². The van der Waals surface area contributed by atoms with Crippen molar-refractivity contribution in [2.75, 3.05) is 6.61 Å². The van der Waals surface area contributed by atoms with Gasteiger partial charge in [0.15, 0.2) is 6.23 Å². The van der Waals surface area contributed by atoms with Gasteiger partial charge < -0.3 is 19.7 Å². The molecular formula is C18H17BrCl2N2O6. The quantitative estimate of drug-likeness (QED) is 0.551. The molecule has 11 heteroatoms. The maximum Gasteiger partial charge on any atom is 0.330 e. The summed E-state index contributed by atoms with van der Waals surface area (Å²) in [6.45, 7) is 0.143. The highest BCUT2D eigenvalue weighted by atomic mass is 79.9. The zero-order valence-electron chi connectivity index (χ0n) is 14.8. The molecule has 8 nitrogen and oxygen atoms in total. The number of benzene rings is 1. The SMILES string of the molecule is O=c1[nH]c(=O)n([C@@H]2O[C@H](COCc3ccc(Cl)c(Cl)c3)[C@@H](O)[C@@H]2O)cc1/C=C/Br. The van der Waals surface area contributed by atoms with E-state index in [1.807, 2.05) is 0 Å². The van der Waals surface area contributed by atoms with Crippen molar-refractivity contribution in [1.82, 2.24) is 9.55 Å². The van der Waals surface area contributed by atoms with E-state index in [-0.39, 0.29) is 18.8 Å². The first-order valence-electron chi connectivity index (χ1n) is 8.47. The molecule has 0 unspecified atom stereocenters. The van der Waals surface area contributed by atoms with Crippen molar-refractivity contribution >= 4 is 45.2 Å². The lowest BCUT2D eigenvalue weighted by Gasteiger charge is -2.17. The van der Waals surface area contributed by atoms with E-state index in [1.54, 1.807) is 18.2 Å². The molecule has 0 bridgehead atoms. The number of halogens is 3. The van der Waals surface area contributed by atoms with Crippen LogP contribution in [-0.4, -0.2) is 44.7 Å². The normalized spacial score (nSPS) is 24.4. The highest BCUT2D eigenvalue weighted by Crippen LogP contribution is 2.29. The summed E-state index contributed by atoms with van der Waals surface area (Å²) in [6.07, 6.45) is -2.06. The van der Waals surface area contributed by atoms with Gasteiger partial charge in [0.2, 0.25) is 0 Å². The van der Waals surface area contributed by atoms with E-state index >= 15 is 0 Å². The van der Waals surface area contributed by atoms with Crippen LogP contribution >= 0.6 is 39.1 Å². The largest absolute Gasteiger partial charge is 0.387 e. The molecule has 2 aromatic rings. The maximum absolute atomic E-state index is 12.1. The van der Waals surface area contributed by atoms with E-state index in [4.69, 9.17) is 32.7 Å². The van der Waals surface area contributed by atoms with Crippen molar-refractivity contribution in [3.05, 3.63) is 71.4 Å². The van der Waals surface area contributed by atoms with E-state index in [1.165, 1.54) is 17.3 Å². The van der Waals surface area contributed by atoms with E-state index in [0.717, 1.165) is 10.1 Å². The Balaban J connectivity index is 1.70. The molecule has 1 aliphatic rings. The molecule has 29 heavy (non-hydrogen) atoms. The molecule has 1 saturated heterocycles. The van der Waals surface area contributed by atoms with Gasteiger partial charge in [-0.1, -0.05) is 45.2 Å². The number of aromatic nitrogens is 2. The Morgan fingerprint density at radius 3 is 2.69 bits per heavy atom. The summed E-state index contributed by atoms with van der Waals surface area (Å²) < 4.78 is 12.2. The standard InChI is InChI=1S/C18H17BrCl2N2O6/c19-4-3-10-6-23(18(27)22-16(10)26)17-15(25)14(24)13(29-17)8-28-7-9-1-2-11(20)12(21)5-9/h1-6,13-15,17,24-25H,7-8H2,(H,22,26,27)/b4-3+/t13-,14-,15+,17-/m1/s1. The topological polar surface area (TPSA) is 114 Å². The Morgan fingerprint density at radius 2 is 2.00 bits per heavy atom. The molecular weight excluding hydrogens is 491 g/mol. The number of aliphatic hydroxyl groups excluding tert-OH is 2. The Labute approximate surface area is 183 Å². The van der Waals surface area contributed by atoms with Gasteiger partial charge in [0, 0.05) is 6.20 Å². The van der Waals surface area contributed by atoms with Gasteiger partial charge in [-0.3, -0.25) is 14.3 Å². The van der Waals surface area contributed by atoms with Crippen LogP contribution < -0.4 is 11.2 Å². The van der Waals surface area contributed by atoms with E-state index in [2.05, 4.69) is 20.9 Å². The van der Waals surface area contributed by atoms with Crippen molar-refractivity contribution < 1.29 is 19.7 Å². The van der Waals surface area contributed by atoms with E-state index < -0.39 is 35.8 Å². The Bertz CT molecular complexity index is 1020. The predicted octanol–water partition coefficient (Wildman–Crippen LogP) is 2.04. The smallest absolute Gasteiger partial charge is 0.330 e. The number of nitrogens with zero attached hydrogens (tertiary/aromatic N) is 1. The van der Waals surface area contributed by atoms with Crippen LogP contribution in [0.1, 0.15) is 17.4 Å². The molecule has 0 radical (unpaired) electrons. The minimum atomic E-state index is -1.39. The Morgan fingerprint density at radius 1 is 1.24 bits per heavy atom. The lowest BCUT2D eigenvalue weighted by Crippen LogP contribution is -2.38. The molecule has 1 fully saturated rings. The van der Waals surface area contributed by atoms with Gasteiger partial charge in [-0.05, 0) is 28.8 Å². The Kier molecular flexibility index (Phi) is 7.33. The number of aromatic amines is 1. The fourth-order valence-electron chi connectivity index (χ4n) is 2.90. The van der Waals surface area contributed by atoms with Crippen LogP contribution in [0.5, 0.6) is 0 Å². The number of H-pyrrole nitrogens is 1. The fraction of sp³-hybridized carbons (Fsp3) is 0.333. The molecule has 1 aliphatic heterocycles. The third-order valence-electron chi connectivity index (χ3n) is 4.38. The van der Waals surface area contributed by atoms with Gasteiger partial charge in [-0.25, -0.2) is 4.79 Å². The van der Waals surface area contributed by atoms with Gasteiger partial charge >= 0.3 is 5.69 Å². The van der Waals surface area contributed by atoms with Gasteiger partial charge in [-0.2, -0.15) is 0 Å². The van der Waals surface area contributed by atoms with Crippen LogP contribution in [0.3, 0.4) is 0 Å². The zero-order chi connectivity index (χ0) is 21.1. The number of nitrogens with one attached hydrogen (secondary N) is 1. The summed E-state index contributed by atoms with van der Waals surface area (Å²) in [5.74, 6) is 0. The average molecular weight is 508 g/mol. The molecule has 2 heterocycles. The highest BCUT2D eigenvalue weighted by Gasteiger charge is 2.44. The van der Waals surface area contributed by atoms with Gasteiger partial charge in [0.05, 0.1) is 28.8 Å². The summed E-state index contributed by atoms with van der Waals surface area (Å²) in [5.41, 5.74) is -0.412. The van der Waals surface area contributed by atoms with Crippen LogP contribution in [0.4, 0.5) is 0 Å². The van der Waals surface area contributed by atoms with Crippen LogP contribution in [0.15, 0.2) is 39.0 Å². The lowest BCUT2D eigenvalue weighted by atomic mass is 10.1. The third-order valence-corrected chi connectivity index (χ3v) is 5.39. The minimum Gasteiger partial charge on any atom is -0.387 e. The summed E-state index contributed by atoms with van der Waals surface area (Å²) in [4.78, 5) is 27.5. The molecule has 4 atom stereocenters. The molecule has 0 saturated carbocycles. The highest BCUT2D eigenvalue weighted by molar-refractivity contribution is 9.11. The fourth-order valence-corrected chi connectivity index (χ4v) is 3.50. The van der Waals surface area contributed by atoms with Crippen LogP contribution in [0, 0.1) is 0 Å². The van der Waals surface area contributed by atoms with Gasteiger partial charge in [0.25, 0.3) is 5.56 Å². The van der Waals surface area contributed by atoms with Crippen LogP contribution in [0.25, 0.3) is 6.08 Å². The average Bonchev–Trinajstić information content (AvgIpc) is 2.95. The molecule has 3 N–H and O–H groups in total. The number of hydrogen-bond acceptors (Lipinski definition) is 6. The van der Waals surface area contributed by atoms with Gasteiger partial charge in [-0.15, -0.1) is 0 Å². The summed E-state index contributed by atoms with van der Waals surface area (Å²) in [5, 5.41) is 21.4. The van der Waals surface area contributed by atoms with Crippen molar-refractivity contribution in [2.24, 2.45) is 0 Å². The lowest BCUT2D eigenvalue weighted by molar-refractivity contribution is -0.0711. The maximum atomic E-state index is 12.1. The molecule has 156 valence electrons. The van der Waals surface area contributed by atoms with Gasteiger partial charge in [0.1, 0.15) is 18.3 Å². The summed E-state index contributed by atoms with van der Waals surface area (Å²) in [7, 11) is 0. The Hall–Kier alpha value is -1.46. The third kappa shape index (κ3) is 5.00. The number of hydrogen-bond donors (Lipinski definition) is 3. The second-order valence-corrected chi connectivity index (χ2v) is 7.70. The van der Waals surface area contributed by atoms with E-state index in [9.17, 15) is 19.8 Å². The first kappa shape index (κ1) is 22.2. The second-order valence-electron chi connectivity index (χ2n) is 6.35. The zero-order valence-corrected chi connectivity index (χ0v) is 17.9. The minimum absolute atomic E-state index is 0.0404. The first-order valence-corrected chi connectivity index (χ1v) is 10.1. The number of rotatable bonds is 6. The number of aliphatic hydroxyl groups is 2. The molecule has 1 aromatic carbocycles. The van der Waals surface area contributed by atoms with Crippen molar-refractivity contribution in [1.29, 1.82) is 0 Å². The predicted molar refractivity (Wildman–Crippen MR) is 111 cm³/mol. The van der Waals surface area contributed by atoms with Crippen LogP contribution in [0.2, 0.25) is 10.0 Å². The first-order chi connectivity index (χ1) is 13.8. The van der Waals surface area contributed by atoms with Crippen molar-refractivity contribution in [3.63, 3.8) is 0 Å². The monoisotopic (exact) mass is 506 g/mol. The summed E-state index contributed by atoms with van der Waals surface area (Å²) >= 11 is 14.9. The second kappa shape index (κ2) is 9.57.